The molecule has 2 nitrogen and oxygen atoms in total. The summed E-state index contributed by atoms with van der Waals surface area (Å²) in [7, 11) is 0. The van der Waals surface area contributed by atoms with Crippen LogP contribution in [0.1, 0.15) is 39.0 Å². The van der Waals surface area contributed by atoms with Crippen molar-refractivity contribution in [2.24, 2.45) is 4.99 Å². The van der Waals surface area contributed by atoms with Gasteiger partial charge in [-0.1, -0.05) is 12.8 Å². The molecule has 0 amide bonds. The van der Waals surface area contributed by atoms with Crippen molar-refractivity contribution < 1.29 is 0 Å². The third kappa shape index (κ3) is 4.60. The van der Waals surface area contributed by atoms with Crippen LogP contribution in [0.5, 0.6) is 0 Å². The zero-order valence-corrected chi connectivity index (χ0v) is 8.62. The standard InChI is InChI=1S/C9H18N2.ClH/c1-2-10-9-7-5-3-4-6-8-11-9;/h2-8H2,1H3,(H,10,11);1H. The summed E-state index contributed by atoms with van der Waals surface area (Å²) in [5.74, 6) is 1.23. The predicted octanol–water partition coefficient (Wildman–Crippen LogP) is 2.38. The minimum Gasteiger partial charge on any atom is -0.374 e. The fourth-order valence-electron chi connectivity index (χ4n) is 1.40. The summed E-state index contributed by atoms with van der Waals surface area (Å²) >= 11 is 0. The highest BCUT2D eigenvalue weighted by atomic mass is 35.5. The van der Waals surface area contributed by atoms with Gasteiger partial charge in [0, 0.05) is 19.5 Å². The van der Waals surface area contributed by atoms with E-state index in [4.69, 9.17) is 0 Å². The maximum absolute atomic E-state index is 4.48. The lowest BCUT2D eigenvalue weighted by atomic mass is 10.1. The average molecular weight is 191 g/mol. The quantitative estimate of drug-likeness (QED) is 0.675. The molecule has 1 heterocycles. The average Bonchev–Trinajstić information content (AvgIpc) is 1.94. The van der Waals surface area contributed by atoms with E-state index in [-0.39, 0.29) is 12.4 Å². The summed E-state index contributed by atoms with van der Waals surface area (Å²) in [5, 5.41) is 3.30. The van der Waals surface area contributed by atoms with Crippen molar-refractivity contribution in [2.45, 2.75) is 39.0 Å². The molecule has 0 spiro atoms. The highest BCUT2D eigenvalue weighted by Gasteiger charge is 2.00. The van der Waals surface area contributed by atoms with E-state index in [0.717, 1.165) is 19.5 Å². The summed E-state index contributed by atoms with van der Waals surface area (Å²) in [6.07, 6.45) is 6.49. The summed E-state index contributed by atoms with van der Waals surface area (Å²) in [5.41, 5.74) is 0. The molecule has 0 aromatic heterocycles. The summed E-state index contributed by atoms with van der Waals surface area (Å²) in [6.45, 7) is 4.17. The molecule has 1 aliphatic rings. The predicted molar refractivity (Wildman–Crippen MR) is 56.3 cm³/mol. The topological polar surface area (TPSA) is 24.4 Å². The molecule has 0 bridgehead atoms. The van der Waals surface area contributed by atoms with Gasteiger partial charge in [-0.05, 0) is 19.8 Å². The number of rotatable bonds is 1. The van der Waals surface area contributed by atoms with Crippen LogP contribution in [0.2, 0.25) is 0 Å². The maximum atomic E-state index is 4.48. The number of hydrogen-bond acceptors (Lipinski definition) is 2. The molecule has 12 heavy (non-hydrogen) atoms. The van der Waals surface area contributed by atoms with Crippen LogP contribution in [0.15, 0.2) is 4.99 Å². The van der Waals surface area contributed by atoms with Crippen molar-refractivity contribution in [3.8, 4) is 0 Å². The van der Waals surface area contributed by atoms with Gasteiger partial charge >= 0.3 is 0 Å². The van der Waals surface area contributed by atoms with E-state index >= 15 is 0 Å². The van der Waals surface area contributed by atoms with E-state index < -0.39 is 0 Å². The molecule has 1 aliphatic heterocycles. The molecule has 0 saturated carbocycles. The van der Waals surface area contributed by atoms with Gasteiger partial charge in [0.05, 0.1) is 5.84 Å². The SMILES string of the molecule is CCNC1=NCCCCCC1.Cl. The Morgan fingerprint density at radius 3 is 2.75 bits per heavy atom. The number of nitrogens with one attached hydrogen (secondary N) is 1. The van der Waals surface area contributed by atoms with Crippen molar-refractivity contribution in [3.05, 3.63) is 0 Å². The molecule has 0 unspecified atom stereocenters. The van der Waals surface area contributed by atoms with E-state index in [2.05, 4.69) is 17.2 Å². The number of amidine groups is 1. The smallest absolute Gasteiger partial charge is 0.0962 e. The van der Waals surface area contributed by atoms with E-state index in [9.17, 15) is 0 Å². The first-order valence-electron chi connectivity index (χ1n) is 4.70. The lowest BCUT2D eigenvalue weighted by Gasteiger charge is -2.10. The number of aliphatic imine (C=N–C) groups is 1. The molecule has 0 fully saturated rings. The van der Waals surface area contributed by atoms with Gasteiger partial charge in [-0.25, -0.2) is 0 Å². The Bertz CT molecular complexity index is 134. The lowest BCUT2D eigenvalue weighted by Crippen LogP contribution is -2.23. The van der Waals surface area contributed by atoms with Gasteiger partial charge in [0.15, 0.2) is 0 Å². The van der Waals surface area contributed by atoms with Crippen molar-refractivity contribution >= 4 is 18.2 Å². The van der Waals surface area contributed by atoms with Gasteiger partial charge in [0.25, 0.3) is 0 Å². The van der Waals surface area contributed by atoms with Crippen LogP contribution in [-0.2, 0) is 0 Å². The van der Waals surface area contributed by atoms with Crippen molar-refractivity contribution in [2.75, 3.05) is 13.1 Å². The van der Waals surface area contributed by atoms with Crippen molar-refractivity contribution in [1.29, 1.82) is 0 Å². The number of nitrogens with zero attached hydrogens (tertiary/aromatic N) is 1. The van der Waals surface area contributed by atoms with Gasteiger partial charge in [0.2, 0.25) is 0 Å². The Morgan fingerprint density at radius 1 is 1.25 bits per heavy atom. The second kappa shape index (κ2) is 7.41. The molecule has 0 aliphatic carbocycles. The van der Waals surface area contributed by atoms with Crippen LogP contribution in [0.25, 0.3) is 0 Å². The maximum Gasteiger partial charge on any atom is 0.0962 e. The van der Waals surface area contributed by atoms with Gasteiger partial charge in [-0.2, -0.15) is 0 Å². The zero-order chi connectivity index (χ0) is 7.94. The second-order valence-electron chi connectivity index (χ2n) is 3.02. The van der Waals surface area contributed by atoms with Crippen molar-refractivity contribution in [1.82, 2.24) is 5.32 Å². The third-order valence-corrected chi connectivity index (χ3v) is 2.01. The molecule has 0 saturated heterocycles. The number of hydrogen-bond donors (Lipinski definition) is 1. The monoisotopic (exact) mass is 190 g/mol. The molecule has 0 atom stereocenters. The Labute approximate surface area is 81.3 Å². The van der Waals surface area contributed by atoms with Crippen LogP contribution < -0.4 is 5.32 Å². The van der Waals surface area contributed by atoms with E-state index in [1.165, 1.54) is 31.5 Å². The molecule has 0 aromatic rings. The van der Waals surface area contributed by atoms with E-state index in [1.807, 2.05) is 0 Å². The summed E-state index contributed by atoms with van der Waals surface area (Å²) < 4.78 is 0. The molecule has 1 N–H and O–H groups in total. The minimum atomic E-state index is 0. The third-order valence-electron chi connectivity index (χ3n) is 2.01. The van der Waals surface area contributed by atoms with Crippen LogP contribution in [0, 0.1) is 0 Å². The van der Waals surface area contributed by atoms with Gasteiger partial charge < -0.3 is 5.32 Å². The summed E-state index contributed by atoms with van der Waals surface area (Å²) in [6, 6.07) is 0. The first-order chi connectivity index (χ1) is 5.43. The number of halogens is 1. The highest BCUT2D eigenvalue weighted by Crippen LogP contribution is 2.07. The molecule has 0 aromatic carbocycles. The molecule has 72 valence electrons. The van der Waals surface area contributed by atoms with E-state index in [1.54, 1.807) is 0 Å². The Kier molecular flexibility index (Phi) is 7.26. The summed E-state index contributed by atoms with van der Waals surface area (Å²) in [4.78, 5) is 4.48. The van der Waals surface area contributed by atoms with Crippen LogP contribution in [0.4, 0.5) is 0 Å². The second-order valence-corrected chi connectivity index (χ2v) is 3.02. The Balaban J connectivity index is 0.00000121. The molecule has 3 heteroatoms. The van der Waals surface area contributed by atoms with Gasteiger partial charge in [-0.15, -0.1) is 12.4 Å². The first kappa shape index (κ1) is 11.8. The van der Waals surface area contributed by atoms with E-state index in [0.29, 0.717) is 0 Å². The fraction of sp³-hybridized carbons (Fsp3) is 0.889. The minimum absolute atomic E-state index is 0. The molecular formula is C9H19ClN2. The Morgan fingerprint density at radius 2 is 2.00 bits per heavy atom. The molecular weight excluding hydrogens is 172 g/mol. The highest BCUT2D eigenvalue weighted by molar-refractivity contribution is 5.85. The van der Waals surface area contributed by atoms with Gasteiger partial charge in [0.1, 0.15) is 0 Å². The van der Waals surface area contributed by atoms with Gasteiger partial charge in [-0.3, -0.25) is 4.99 Å². The van der Waals surface area contributed by atoms with Crippen LogP contribution in [0.3, 0.4) is 0 Å². The van der Waals surface area contributed by atoms with Crippen molar-refractivity contribution in [3.63, 3.8) is 0 Å². The van der Waals surface area contributed by atoms with Crippen LogP contribution >= 0.6 is 12.4 Å². The Hall–Kier alpha value is -0.240. The normalized spacial score (nSPS) is 18.2. The molecule has 1 rings (SSSR count). The lowest BCUT2D eigenvalue weighted by molar-refractivity contribution is 0.635. The fourth-order valence-corrected chi connectivity index (χ4v) is 1.40. The largest absolute Gasteiger partial charge is 0.374 e. The molecule has 0 radical (unpaired) electrons. The first-order valence-corrected chi connectivity index (χ1v) is 4.70. The van der Waals surface area contributed by atoms with Crippen LogP contribution in [-0.4, -0.2) is 18.9 Å². The zero-order valence-electron chi connectivity index (χ0n) is 7.81.